The summed E-state index contributed by atoms with van der Waals surface area (Å²) in [6.07, 6.45) is -3.72. The van der Waals surface area contributed by atoms with Crippen LogP contribution in [0.3, 0.4) is 0 Å². The van der Waals surface area contributed by atoms with Gasteiger partial charge in [0.15, 0.2) is 0 Å². The highest BCUT2D eigenvalue weighted by Gasteiger charge is 2.44. The second-order valence-electron chi connectivity index (χ2n) is 4.40. The fraction of sp³-hybridized carbons (Fsp3) is 0.417. The van der Waals surface area contributed by atoms with Gasteiger partial charge in [-0.25, -0.2) is 4.98 Å². The van der Waals surface area contributed by atoms with Crippen molar-refractivity contribution in [3.05, 3.63) is 30.1 Å². The van der Waals surface area contributed by atoms with Crippen LogP contribution in [0.1, 0.15) is 11.9 Å². The minimum Gasteiger partial charge on any atom is -0.394 e. The van der Waals surface area contributed by atoms with E-state index in [2.05, 4.69) is 9.97 Å². The minimum absolute atomic E-state index is 0.338. The maximum atomic E-state index is 9.89. The maximum absolute atomic E-state index is 9.89. The van der Waals surface area contributed by atoms with Gasteiger partial charge >= 0.3 is 0 Å². The minimum atomic E-state index is -1.10. The van der Waals surface area contributed by atoms with Crippen molar-refractivity contribution in [1.29, 1.82) is 0 Å². The SMILES string of the molecule is OC[C@H]1OC(c2nc3ccccc3[nH]2)[C@H](O)C1O. The van der Waals surface area contributed by atoms with Gasteiger partial charge in [-0.1, -0.05) is 12.1 Å². The van der Waals surface area contributed by atoms with Crippen molar-refractivity contribution in [2.45, 2.75) is 24.4 Å². The molecule has 0 amide bonds. The van der Waals surface area contributed by atoms with Gasteiger partial charge in [0.2, 0.25) is 0 Å². The van der Waals surface area contributed by atoms with Crippen LogP contribution in [0.2, 0.25) is 0 Å². The molecule has 0 spiro atoms. The quantitative estimate of drug-likeness (QED) is 0.587. The summed E-state index contributed by atoms with van der Waals surface area (Å²) in [5, 5.41) is 28.6. The number of aromatic amines is 1. The number of hydrogen-bond donors (Lipinski definition) is 4. The van der Waals surface area contributed by atoms with Crippen molar-refractivity contribution in [3.8, 4) is 0 Å². The molecule has 1 saturated heterocycles. The molecule has 3 rings (SSSR count). The number of para-hydroxylation sites is 2. The number of aromatic nitrogens is 2. The molecule has 6 heteroatoms. The van der Waals surface area contributed by atoms with Crippen LogP contribution < -0.4 is 0 Å². The first-order valence-electron chi connectivity index (χ1n) is 5.78. The van der Waals surface area contributed by atoms with E-state index in [0.29, 0.717) is 5.82 Å². The van der Waals surface area contributed by atoms with E-state index in [0.717, 1.165) is 11.0 Å². The monoisotopic (exact) mass is 250 g/mol. The lowest BCUT2D eigenvalue weighted by molar-refractivity contribution is -0.0249. The van der Waals surface area contributed by atoms with E-state index in [4.69, 9.17) is 9.84 Å². The summed E-state index contributed by atoms with van der Waals surface area (Å²) in [6.45, 7) is -0.338. The van der Waals surface area contributed by atoms with Gasteiger partial charge in [-0.3, -0.25) is 0 Å². The Bertz CT molecular complexity index is 523. The Labute approximate surface area is 103 Å². The van der Waals surface area contributed by atoms with Crippen molar-refractivity contribution >= 4 is 11.0 Å². The lowest BCUT2D eigenvalue weighted by Crippen LogP contribution is -2.32. The van der Waals surface area contributed by atoms with Gasteiger partial charge < -0.3 is 25.0 Å². The third-order valence-corrected chi connectivity index (χ3v) is 3.22. The van der Waals surface area contributed by atoms with Gasteiger partial charge in [0, 0.05) is 0 Å². The molecule has 1 aliphatic heterocycles. The predicted octanol–water partition coefficient (Wildman–Crippen LogP) is -0.283. The predicted molar refractivity (Wildman–Crippen MR) is 62.8 cm³/mol. The van der Waals surface area contributed by atoms with Crippen molar-refractivity contribution in [2.24, 2.45) is 0 Å². The van der Waals surface area contributed by atoms with Crippen LogP contribution in [0, 0.1) is 0 Å². The summed E-state index contributed by atoms with van der Waals surface area (Å²) in [5.74, 6) is 0.457. The van der Waals surface area contributed by atoms with Gasteiger partial charge in [-0.15, -0.1) is 0 Å². The summed E-state index contributed by atoms with van der Waals surface area (Å²) >= 11 is 0. The topological polar surface area (TPSA) is 98.6 Å². The number of H-pyrrole nitrogens is 1. The molecule has 96 valence electrons. The highest BCUT2D eigenvalue weighted by Crippen LogP contribution is 2.32. The van der Waals surface area contributed by atoms with Crippen LogP contribution in [-0.4, -0.2) is 50.2 Å². The van der Waals surface area contributed by atoms with E-state index >= 15 is 0 Å². The molecule has 1 fully saturated rings. The summed E-state index contributed by atoms with van der Waals surface area (Å²) < 4.78 is 5.41. The van der Waals surface area contributed by atoms with Crippen LogP contribution in [-0.2, 0) is 4.74 Å². The van der Waals surface area contributed by atoms with Gasteiger partial charge in [0.05, 0.1) is 17.6 Å². The molecule has 6 nitrogen and oxygen atoms in total. The lowest BCUT2D eigenvalue weighted by atomic mass is 10.1. The van der Waals surface area contributed by atoms with Crippen LogP contribution in [0.25, 0.3) is 11.0 Å². The Balaban J connectivity index is 1.95. The fourth-order valence-electron chi connectivity index (χ4n) is 2.23. The van der Waals surface area contributed by atoms with Gasteiger partial charge in [0.1, 0.15) is 30.2 Å². The van der Waals surface area contributed by atoms with Gasteiger partial charge in [-0.2, -0.15) is 0 Å². The molecule has 2 aromatic rings. The number of ether oxygens (including phenoxy) is 1. The van der Waals surface area contributed by atoms with E-state index in [1.165, 1.54) is 0 Å². The average Bonchev–Trinajstić information content (AvgIpc) is 2.92. The Morgan fingerprint density at radius 3 is 2.67 bits per heavy atom. The number of nitrogens with zero attached hydrogens (tertiary/aromatic N) is 1. The van der Waals surface area contributed by atoms with Gasteiger partial charge in [0.25, 0.3) is 0 Å². The molecule has 2 heterocycles. The van der Waals surface area contributed by atoms with Crippen molar-refractivity contribution in [2.75, 3.05) is 6.61 Å². The largest absolute Gasteiger partial charge is 0.394 e. The molecule has 0 bridgehead atoms. The Kier molecular flexibility index (Phi) is 2.79. The molecular formula is C12H14N2O4. The molecule has 18 heavy (non-hydrogen) atoms. The molecule has 1 aromatic heterocycles. The number of nitrogens with one attached hydrogen (secondary N) is 1. The molecule has 1 aromatic carbocycles. The molecule has 0 aliphatic carbocycles. The van der Waals surface area contributed by atoms with Crippen molar-refractivity contribution < 1.29 is 20.1 Å². The zero-order valence-electron chi connectivity index (χ0n) is 9.52. The number of fused-ring (bicyclic) bond motifs is 1. The number of rotatable bonds is 2. The molecular weight excluding hydrogens is 236 g/mol. The van der Waals surface area contributed by atoms with Crippen LogP contribution >= 0.6 is 0 Å². The van der Waals surface area contributed by atoms with Gasteiger partial charge in [-0.05, 0) is 12.1 Å². The van der Waals surface area contributed by atoms with Crippen LogP contribution in [0.15, 0.2) is 24.3 Å². The van der Waals surface area contributed by atoms with E-state index in [1.54, 1.807) is 0 Å². The first-order chi connectivity index (χ1) is 8.70. The molecule has 2 unspecified atom stereocenters. The summed E-state index contributed by atoms with van der Waals surface area (Å²) in [7, 11) is 0. The third kappa shape index (κ3) is 1.70. The molecule has 1 aliphatic rings. The number of benzene rings is 1. The molecule has 0 radical (unpaired) electrons. The maximum Gasteiger partial charge on any atom is 0.144 e. The molecule has 4 N–H and O–H groups in total. The number of hydrogen-bond acceptors (Lipinski definition) is 5. The number of aliphatic hydroxyl groups is 3. The zero-order chi connectivity index (χ0) is 12.7. The third-order valence-electron chi connectivity index (χ3n) is 3.22. The lowest BCUT2D eigenvalue weighted by Gasteiger charge is -2.11. The zero-order valence-corrected chi connectivity index (χ0v) is 9.52. The normalized spacial score (nSPS) is 32.2. The second kappa shape index (κ2) is 4.33. The summed E-state index contributed by atoms with van der Waals surface area (Å²) in [4.78, 5) is 7.36. The Morgan fingerprint density at radius 1 is 1.22 bits per heavy atom. The van der Waals surface area contributed by atoms with E-state index in [-0.39, 0.29) is 6.61 Å². The fourth-order valence-corrected chi connectivity index (χ4v) is 2.23. The van der Waals surface area contributed by atoms with Crippen LogP contribution in [0.5, 0.6) is 0 Å². The summed E-state index contributed by atoms with van der Waals surface area (Å²) in [6, 6.07) is 7.45. The highest BCUT2D eigenvalue weighted by atomic mass is 16.6. The van der Waals surface area contributed by atoms with E-state index < -0.39 is 24.4 Å². The Hall–Kier alpha value is -1.47. The van der Waals surface area contributed by atoms with Crippen LogP contribution in [0.4, 0.5) is 0 Å². The van der Waals surface area contributed by atoms with E-state index in [9.17, 15) is 10.2 Å². The highest BCUT2D eigenvalue weighted by molar-refractivity contribution is 5.74. The molecule has 0 saturated carbocycles. The standard InChI is InChI=1S/C12H14N2O4/c15-5-8-9(16)10(17)11(18-8)12-13-6-3-1-2-4-7(6)14-12/h1-4,8-11,15-17H,5H2,(H,13,14)/t8-,9?,10-,11?/m1/s1. The molecule has 4 atom stereocenters. The summed E-state index contributed by atoms with van der Waals surface area (Å²) in [5.41, 5.74) is 1.61. The average molecular weight is 250 g/mol. The van der Waals surface area contributed by atoms with E-state index in [1.807, 2.05) is 24.3 Å². The van der Waals surface area contributed by atoms with Crippen molar-refractivity contribution in [1.82, 2.24) is 9.97 Å². The first kappa shape index (κ1) is 11.6. The second-order valence-corrected chi connectivity index (χ2v) is 4.40. The smallest absolute Gasteiger partial charge is 0.144 e. The Morgan fingerprint density at radius 2 is 2.00 bits per heavy atom. The number of imidazole rings is 1. The first-order valence-corrected chi connectivity index (χ1v) is 5.78. The van der Waals surface area contributed by atoms with Crippen molar-refractivity contribution in [3.63, 3.8) is 0 Å². The number of aliphatic hydroxyl groups excluding tert-OH is 3.